The first-order valence-electron chi connectivity index (χ1n) is 4.07. The molecule has 0 aromatic rings. The Morgan fingerprint density at radius 3 is 2.62 bits per heavy atom. The zero-order valence-electron chi connectivity index (χ0n) is 7.82. The van der Waals surface area contributed by atoms with Crippen molar-refractivity contribution in [2.45, 2.75) is 26.2 Å². The second-order valence-electron chi connectivity index (χ2n) is 2.30. The Balaban J connectivity index is 0. The zero-order valence-corrected chi connectivity index (χ0v) is 9.56. The normalized spacial score (nSPS) is 11.9. The summed E-state index contributed by atoms with van der Waals surface area (Å²) < 4.78 is 0. The van der Waals surface area contributed by atoms with Crippen LogP contribution in [0.15, 0.2) is 30.4 Å². The van der Waals surface area contributed by atoms with E-state index < -0.39 is 0 Å². The molecule has 0 fully saturated rings. The Morgan fingerprint density at radius 1 is 1.77 bits per heavy atom. The van der Waals surface area contributed by atoms with Crippen LogP contribution in [-0.4, -0.2) is 6.29 Å². The smallest absolute Gasteiger partial charge is 0.541 e. The molecule has 1 aliphatic carbocycles. The molecule has 0 N–H and O–H groups in total. The van der Waals surface area contributed by atoms with Crippen molar-refractivity contribution in [1.82, 2.24) is 0 Å². The molecule has 0 amide bonds. The van der Waals surface area contributed by atoms with Crippen molar-refractivity contribution < 1.29 is 24.3 Å². The Hall–Kier alpha value is -0.487. The van der Waals surface area contributed by atoms with Crippen molar-refractivity contribution in [1.29, 1.82) is 0 Å². The molecule has 2 heteroatoms. The van der Waals surface area contributed by atoms with E-state index in [2.05, 4.69) is 31.7 Å². The van der Waals surface area contributed by atoms with Gasteiger partial charge in [-0.2, -0.15) is 6.08 Å². The van der Waals surface area contributed by atoms with Crippen molar-refractivity contribution in [2.75, 3.05) is 0 Å². The minimum Gasteiger partial charge on any atom is -0.541 e. The van der Waals surface area contributed by atoms with Crippen LogP contribution >= 0.6 is 0 Å². The average Bonchev–Trinajstić information content (AvgIpc) is 2.58. The van der Waals surface area contributed by atoms with Crippen LogP contribution in [0.1, 0.15) is 26.2 Å². The summed E-state index contributed by atoms with van der Waals surface area (Å²) in [6.07, 6.45) is 13.2. The predicted octanol–water partition coefficient (Wildman–Crippen LogP) is 2.76. The summed E-state index contributed by atoms with van der Waals surface area (Å²) in [5.74, 6) is 0. The Kier molecular flexibility index (Phi) is 13.3. The van der Waals surface area contributed by atoms with Gasteiger partial charge in [-0.15, -0.1) is 25.5 Å². The number of rotatable bonds is 3. The topological polar surface area (TPSA) is 17.1 Å². The molecule has 1 nitrogen and oxygen atoms in total. The van der Waals surface area contributed by atoms with Crippen LogP contribution in [0.25, 0.3) is 0 Å². The predicted molar refractivity (Wildman–Crippen MR) is 51.3 cm³/mol. The summed E-state index contributed by atoms with van der Waals surface area (Å²) in [4.78, 5) is 9.21. The van der Waals surface area contributed by atoms with E-state index in [1.807, 2.05) is 0 Å². The van der Waals surface area contributed by atoms with Crippen molar-refractivity contribution in [3.8, 4) is 0 Å². The third-order valence-electron chi connectivity index (χ3n) is 1.37. The minimum atomic E-state index is 0. The van der Waals surface area contributed by atoms with E-state index >= 15 is 0 Å². The molecule has 0 heterocycles. The van der Waals surface area contributed by atoms with Crippen LogP contribution in [0.4, 0.5) is 0 Å². The molecular weight excluding hydrogens is 249 g/mol. The molecule has 0 aromatic heterocycles. The monoisotopic (exact) mass is 264 g/mol. The summed E-state index contributed by atoms with van der Waals surface area (Å²) in [5, 5.41) is 0. The first-order chi connectivity index (χ1) is 5.85. The van der Waals surface area contributed by atoms with Gasteiger partial charge in [-0.3, -0.25) is 12.4 Å². The Morgan fingerprint density at radius 2 is 2.46 bits per heavy atom. The van der Waals surface area contributed by atoms with E-state index in [0.29, 0.717) is 6.42 Å². The van der Waals surface area contributed by atoms with Gasteiger partial charge in [0, 0.05) is 0 Å². The molecule has 0 saturated carbocycles. The molecule has 0 saturated heterocycles. The van der Waals surface area contributed by atoms with Gasteiger partial charge >= 0.3 is 19.5 Å². The second kappa shape index (κ2) is 11.5. The van der Waals surface area contributed by atoms with Crippen LogP contribution in [0.5, 0.6) is 0 Å². The maximum absolute atomic E-state index is 9.21. The third kappa shape index (κ3) is 9.43. The fourth-order valence-electron chi connectivity index (χ4n) is 0.752. The van der Waals surface area contributed by atoms with Gasteiger partial charge in [0.05, 0.1) is 0 Å². The summed E-state index contributed by atoms with van der Waals surface area (Å²) >= 11 is 0. The molecule has 72 valence electrons. The molecule has 0 bridgehead atoms. The summed E-state index contributed by atoms with van der Waals surface area (Å²) in [6.45, 7) is 5.44. The number of hydrogen-bond acceptors (Lipinski definition) is 1. The molecular formula is C11H14ORu. The van der Waals surface area contributed by atoms with Crippen molar-refractivity contribution in [2.24, 2.45) is 0 Å². The third-order valence-corrected chi connectivity index (χ3v) is 1.37. The van der Waals surface area contributed by atoms with Gasteiger partial charge in [-0.1, -0.05) is 13.3 Å². The maximum Gasteiger partial charge on any atom is 2.00 e. The first-order valence-corrected chi connectivity index (χ1v) is 4.07. The van der Waals surface area contributed by atoms with Crippen LogP contribution < -0.4 is 0 Å². The van der Waals surface area contributed by atoms with Gasteiger partial charge in [0.15, 0.2) is 0 Å². The molecule has 13 heavy (non-hydrogen) atoms. The number of hydrogen-bond donors (Lipinski definition) is 0. The van der Waals surface area contributed by atoms with Gasteiger partial charge in [0.2, 0.25) is 0 Å². The number of allylic oxidation sites excluding steroid dienone is 5. The average molecular weight is 263 g/mol. The molecule has 0 atom stereocenters. The summed E-state index contributed by atoms with van der Waals surface area (Å²) in [6, 6.07) is 0. The molecule has 0 unspecified atom stereocenters. The molecule has 1 aliphatic rings. The van der Waals surface area contributed by atoms with Gasteiger partial charge in [0.1, 0.15) is 0 Å². The van der Waals surface area contributed by atoms with Crippen LogP contribution in [0.3, 0.4) is 0 Å². The molecule has 0 aromatic carbocycles. The van der Waals surface area contributed by atoms with Crippen molar-refractivity contribution >= 4 is 6.29 Å². The fourth-order valence-corrected chi connectivity index (χ4v) is 0.752. The van der Waals surface area contributed by atoms with E-state index in [1.165, 1.54) is 11.6 Å². The van der Waals surface area contributed by atoms with Crippen LogP contribution in [-0.2, 0) is 24.3 Å². The summed E-state index contributed by atoms with van der Waals surface area (Å²) in [5.41, 5.74) is 1.36. The van der Waals surface area contributed by atoms with Gasteiger partial charge in [-0.05, 0) is 0 Å². The van der Waals surface area contributed by atoms with E-state index in [-0.39, 0.29) is 19.5 Å². The quantitative estimate of drug-likeness (QED) is 0.435. The summed E-state index contributed by atoms with van der Waals surface area (Å²) in [7, 11) is 0. The zero-order chi connectivity index (χ0) is 9.23. The Labute approximate surface area is 93.4 Å². The van der Waals surface area contributed by atoms with Gasteiger partial charge in [-0.25, -0.2) is 11.6 Å². The number of carbonyl (C=O) groups excluding carboxylic acids is 1. The van der Waals surface area contributed by atoms with Gasteiger partial charge < -0.3 is 4.79 Å². The molecule has 0 spiro atoms. The molecule has 1 rings (SSSR count). The Bertz CT molecular complexity index is 186. The van der Waals surface area contributed by atoms with E-state index in [9.17, 15) is 4.79 Å². The SMILES string of the molecule is C=CC[C-]=O.CCC1=[C-]CC=C1.[Ru+2]. The van der Waals surface area contributed by atoms with E-state index in [1.54, 1.807) is 6.29 Å². The van der Waals surface area contributed by atoms with Crippen LogP contribution in [0.2, 0.25) is 0 Å². The largest absolute Gasteiger partial charge is 2.00 e. The molecule has 0 radical (unpaired) electrons. The van der Waals surface area contributed by atoms with Crippen LogP contribution in [0, 0.1) is 6.08 Å². The van der Waals surface area contributed by atoms with Crippen molar-refractivity contribution in [3.05, 3.63) is 36.5 Å². The first kappa shape index (κ1) is 15.0. The van der Waals surface area contributed by atoms with E-state index in [0.717, 1.165) is 12.8 Å². The fraction of sp³-hybridized carbons (Fsp3) is 0.364. The van der Waals surface area contributed by atoms with Gasteiger partial charge in [0.25, 0.3) is 0 Å². The molecule has 0 aliphatic heterocycles. The minimum absolute atomic E-state index is 0. The maximum atomic E-state index is 9.21. The standard InChI is InChI=1S/C7H9.C4H5O.Ru/c1-2-7-5-3-4-6-7;1-2-3-4-5;/h3,5H,2,4H2,1H3;2H,1,3H2;/q2*-1;+2. The van der Waals surface area contributed by atoms with Crippen molar-refractivity contribution in [3.63, 3.8) is 0 Å². The van der Waals surface area contributed by atoms with E-state index in [4.69, 9.17) is 0 Å². The second-order valence-corrected chi connectivity index (χ2v) is 2.30.